The Balaban J connectivity index is 2.46. The molecule has 0 spiro atoms. The topological polar surface area (TPSA) is 66.0 Å². The summed E-state index contributed by atoms with van der Waals surface area (Å²) in [5, 5.41) is 5.10. The highest BCUT2D eigenvalue weighted by molar-refractivity contribution is 6.30. The van der Waals surface area contributed by atoms with Gasteiger partial charge in [0.2, 0.25) is 5.91 Å². The van der Waals surface area contributed by atoms with E-state index in [1.807, 2.05) is 36.5 Å². The molecule has 0 aliphatic carbocycles. The van der Waals surface area contributed by atoms with E-state index >= 15 is 0 Å². The Morgan fingerprint density at radius 3 is 2.75 bits per heavy atom. The van der Waals surface area contributed by atoms with E-state index in [1.54, 1.807) is 14.1 Å². The fourth-order valence-electron chi connectivity index (χ4n) is 1.74. The van der Waals surface area contributed by atoms with Crippen molar-refractivity contribution >= 4 is 23.4 Å². The molecule has 1 atom stereocenters. The summed E-state index contributed by atoms with van der Waals surface area (Å²) in [5.41, 5.74) is 1.07. The molecule has 0 saturated carbocycles. The minimum absolute atomic E-state index is 0.0781. The number of likely N-dealkylation sites (N-methyl/N-ethyl adjacent to an activating group) is 2. The lowest BCUT2D eigenvalue weighted by Crippen LogP contribution is -2.87. The van der Waals surface area contributed by atoms with Gasteiger partial charge in [0.1, 0.15) is 6.04 Å². The van der Waals surface area contributed by atoms with Gasteiger partial charge in [-0.3, -0.25) is 9.59 Å². The Hall–Kier alpha value is -1.59. The van der Waals surface area contributed by atoms with Gasteiger partial charge >= 0.3 is 0 Å². The zero-order valence-corrected chi connectivity index (χ0v) is 12.8. The molecule has 110 valence electrons. The summed E-state index contributed by atoms with van der Waals surface area (Å²) in [6, 6.07) is 7.71. The number of carbonyl (C=O) groups excluding carboxylic acids is 2. The van der Waals surface area contributed by atoms with Crippen LogP contribution in [0.5, 0.6) is 0 Å². The lowest BCUT2D eigenvalue weighted by atomic mass is 10.1. The highest BCUT2D eigenvalue weighted by Crippen LogP contribution is 2.14. The normalized spacial score (nSPS) is 11.8. The van der Waals surface area contributed by atoms with Crippen LogP contribution in [0.1, 0.15) is 18.5 Å². The number of rotatable bonds is 6. The summed E-state index contributed by atoms with van der Waals surface area (Å²) >= 11 is 5.94. The average molecular weight is 299 g/mol. The third-order valence-electron chi connectivity index (χ3n) is 3.11. The highest BCUT2D eigenvalue weighted by Gasteiger charge is 2.16. The molecule has 1 aromatic carbocycles. The van der Waals surface area contributed by atoms with Gasteiger partial charge < -0.3 is 15.5 Å². The summed E-state index contributed by atoms with van der Waals surface area (Å²) in [4.78, 5) is 24.5. The quantitative estimate of drug-likeness (QED) is 0.786. The minimum Gasteiger partial charge on any atom is -0.358 e. The van der Waals surface area contributed by atoms with Gasteiger partial charge in [-0.2, -0.15) is 0 Å². The SMILES string of the molecule is CNC(=O)CN(C)C(=O)C[NH2+][C@@H](C)c1cccc(Cl)c1. The standard InChI is InChI=1S/C14H20ClN3O2/c1-10(11-5-4-6-12(15)7-11)17-8-14(20)18(3)9-13(19)16-2/h4-7,10,17H,8-9H2,1-3H3,(H,16,19)/p+1/t10-/m0/s1. The zero-order chi connectivity index (χ0) is 15.1. The van der Waals surface area contributed by atoms with Gasteiger partial charge in [0.15, 0.2) is 6.54 Å². The Morgan fingerprint density at radius 1 is 1.45 bits per heavy atom. The molecule has 0 bridgehead atoms. The van der Waals surface area contributed by atoms with E-state index in [2.05, 4.69) is 5.32 Å². The molecule has 0 unspecified atom stereocenters. The molecular formula is C14H21ClN3O2+. The number of hydrogen-bond acceptors (Lipinski definition) is 2. The second-order valence-corrected chi connectivity index (χ2v) is 5.14. The summed E-state index contributed by atoms with van der Waals surface area (Å²) in [5.74, 6) is -0.258. The van der Waals surface area contributed by atoms with Crippen LogP contribution in [0.2, 0.25) is 5.02 Å². The first-order valence-electron chi connectivity index (χ1n) is 6.47. The van der Waals surface area contributed by atoms with Crippen LogP contribution in [0.15, 0.2) is 24.3 Å². The van der Waals surface area contributed by atoms with Crippen molar-refractivity contribution in [3.8, 4) is 0 Å². The van der Waals surface area contributed by atoms with E-state index in [-0.39, 0.29) is 24.4 Å². The average Bonchev–Trinajstić information content (AvgIpc) is 2.43. The van der Waals surface area contributed by atoms with Gasteiger partial charge in [-0.25, -0.2) is 0 Å². The smallest absolute Gasteiger partial charge is 0.277 e. The van der Waals surface area contributed by atoms with E-state index in [0.29, 0.717) is 11.6 Å². The number of hydrogen-bond donors (Lipinski definition) is 2. The Morgan fingerprint density at radius 2 is 2.15 bits per heavy atom. The van der Waals surface area contributed by atoms with Crippen molar-refractivity contribution in [2.45, 2.75) is 13.0 Å². The third-order valence-corrected chi connectivity index (χ3v) is 3.34. The fraction of sp³-hybridized carbons (Fsp3) is 0.429. The maximum absolute atomic E-state index is 11.9. The van der Waals surface area contributed by atoms with Crippen molar-refractivity contribution in [2.24, 2.45) is 0 Å². The lowest BCUT2D eigenvalue weighted by Gasteiger charge is -2.17. The first kappa shape index (κ1) is 16.5. The van der Waals surface area contributed by atoms with E-state index in [4.69, 9.17) is 11.6 Å². The predicted molar refractivity (Wildman–Crippen MR) is 78.4 cm³/mol. The Bertz CT molecular complexity index is 479. The third kappa shape index (κ3) is 5.19. The first-order valence-corrected chi connectivity index (χ1v) is 6.85. The number of quaternary nitrogens is 1. The first-order chi connectivity index (χ1) is 9.43. The van der Waals surface area contributed by atoms with Crippen LogP contribution < -0.4 is 10.6 Å². The van der Waals surface area contributed by atoms with Crippen molar-refractivity contribution in [1.29, 1.82) is 0 Å². The van der Waals surface area contributed by atoms with Gasteiger partial charge in [0.25, 0.3) is 5.91 Å². The van der Waals surface area contributed by atoms with Gasteiger partial charge in [-0.15, -0.1) is 0 Å². The summed E-state index contributed by atoms with van der Waals surface area (Å²) in [6.07, 6.45) is 0. The van der Waals surface area contributed by atoms with Crippen LogP contribution in [0.25, 0.3) is 0 Å². The highest BCUT2D eigenvalue weighted by atomic mass is 35.5. The molecule has 5 nitrogen and oxygen atoms in total. The number of nitrogens with two attached hydrogens (primary N) is 1. The molecule has 0 aliphatic heterocycles. The summed E-state index contributed by atoms with van der Waals surface area (Å²) in [6.45, 7) is 2.38. The number of nitrogens with one attached hydrogen (secondary N) is 1. The predicted octanol–water partition coefficient (Wildman–Crippen LogP) is 0.169. The van der Waals surface area contributed by atoms with Crippen LogP contribution in [0, 0.1) is 0 Å². The van der Waals surface area contributed by atoms with Crippen molar-refractivity contribution in [1.82, 2.24) is 10.2 Å². The summed E-state index contributed by atoms with van der Waals surface area (Å²) in [7, 11) is 3.17. The molecule has 2 amide bonds. The van der Waals surface area contributed by atoms with E-state index in [9.17, 15) is 9.59 Å². The molecule has 20 heavy (non-hydrogen) atoms. The number of carbonyl (C=O) groups is 2. The van der Waals surface area contributed by atoms with Crippen molar-refractivity contribution in [2.75, 3.05) is 27.2 Å². The molecule has 0 aliphatic rings. The summed E-state index contributed by atoms with van der Waals surface area (Å²) < 4.78 is 0. The second-order valence-electron chi connectivity index (χ2n) is 4.71. The molecular weight excluding hydrogens is 278 g/mol. The van der Waals surface area contributed by atoms with Crippen LogP contribution in [-0.2, 0) is 9.59 Å². The van der Waals surface area contributed by atoms with Crippen LogP contribution in [0.4, 0.5) is 0 Å². The molecule has 0 fully saturated rings. The van der Waals surface area contributed by atoms with E-state index in [1.165, 1.54) is 4.90 Å². The van der Waals surface area contributed by atoms with E-state index in [0.717, 1.165) is 5.56 Å². The molecule has 3 N–H and O–H groups in total. The van der Waals surface area contributed by atoms with Crippen molar-refractivity contribution in [3.63, 3.8) is 0 Å². The van der Waals surface area contributed by atoms with E-state index < -0.39 is 0 Å². The number of amides is 2. The molecule has 6 heteroatoms. The zero-order valence-electron chi connectivity index (χ0n) is 12.0. The number of nitrogens with zero attached hydrogens (tertiary/aromatic N) is 1. The largest absolute Gasteiger partial charge is 0.358 e. The lowest BCUT2D eigenvalue weighted by molar-refractivity contribution is -0.683. The van der Waals surface area contributed by atoms with Gasteiger partial charge in [-0.05, 0) is 19.1 Å². The molecule has 0 saturated heterocycles. The maximum Gasteiger partial charge on any atom is 0.277 e. The number of benzene rings is 1. The van der Waals surface area contributed by atoms with Gasteiger partial charge in [-0.1, -0.05) is 23.7 Å². The Kier molecular flexibility index (Phi) is 6.48. The number of halogens is 1. The fourth-order valence-corrected chi connectivity index (χ4v) is 1.94. The Labute approximate surface area is 124 Å². The maximum atomic E-state index is 11.9. The minimum atomic E-state index is -0.177. The molecule has 1 rings (SSSR count). The molecule has 0 radical (unpaired) electrons. The second kappa shape index (κ2) is 7.87. The molecule has 0 aromatic heterocycles. The molecule has 0 heterocycles. The van der Waals surface area contributed by atoms with Crippen molar-refractivity contribution < 1.29 is 14.9 Å². The molecule has 1 aromatic rings. The van der Waals surface area contributed by atoms with Crippen molar-refractivity contribution in [3.05, 3.63) is 34.9 Å². The van der Waals surface area contributed by atoms with Gasteiger partial charge in [0.05, 0.1) is 6.54 Å². The van der Waals surface area contributed by atoms with Crippen LogP contribution >= 0.6 is 11.6 Å². The monoisotopic (exact) mass is 298 g/mol. The van der Waals surface area contributed by atoms with Gasteiger partial charge in [0, 0.05) is 24.7 Å². The van der Waals surface area contributed by atoms with Crippen LogP contribution in [-0.4, -0.2) is 43.9 Å². The van der Waals surface area contributed by atoms with Crippen LogP contribution in [0.3, 0.4) is 0 Å².